The minimum atomic E-state index is -6.13. The Kier molecular flexibility index (Phi) is 16.9. The number of esters is 1. The Labute approximate surface area is 440 Å². The van der Waals surface area contributed by atoms with Gasteiger partial charge in [-0.1, -0.05) is 91.0 Å². The summed E-state index contributed by atoms with van der Waals surface area (Å²) in [5.74, 6) is 0.169. The third-order valence-electron chi connectivity index (χ3n) is 12.2. The summed E-state index contributed by atoms with van der Waals surface area (Å²) < 4.78 is 348. The molecule has 6 aromatic carbocycles. The highest BCUT2D eigenvalue weighted by atomic mass is 19.4. The van der Waals surface area contributed by atoms with Gasteiger partial charge in [0.1, 0.15) is 18.1 Å². The van der Waals surface area contributed by atoms with E-state index in [1.807, 2.05) is 66.9 Å². The molecular formula is C52H31BF24N2O2. The number of alkyl halides is 24. The molecule has 0 saturated carbocycles. The van der Waals surface area contributed by atoms with Gasteiger partial charge in [-0.05, 0) is 55.3 Å². The van der Waals surface area contributed by atoms with E-state index in [0.29, 0.717) is 18.0 Å². The van der Waals surface area contributed by atoms with Crippen molar-refractivity contribution in [1.29, 1.82) is 0 Å². The van der Waals surface area contributed by atoms with Crippen molar-refractivity contribution in [3.63, 3.8) is 0 Å². The first-order valence-electron chi connectivity index (χ1n) is 22.4. The van der Waals surface area contributed by atoms with Gasteiger partial charge in [-0.25, -0.2) is 4.79 Å². The molecule has 0 spiro atoms. The molecule has 0 aliphatic rings. The van der Waals surface area contributed by atoms with Gasteiger partial charge in [-0.2, -0.15) is 132 Å². The Morgan fingerprint density at radius 1 is 0.432 bits per heavy atom. The molecule has 1 aromatic heterocycles. The van der Waals surface area contributed by atoms with Gasteiger partial charge in [0.15, 0.2) is 12.7 Å². The Bertz CT molecular complexity index is 2990. The van der Waals surface area contributed by atoms with Crippen molar-refractivity contribution in [2.45, 2.75) is 69.8 Å². The van der Waals surface area contributed by atoms with Gasteiger partial charge in [0, 0.05) is 5.56 Å². The molecule has 29 heteroatoms. The molecule has 0 saturated heterocycles. The van der Waals surface area contributed by atoms with E-state index in [0.717, 1.165) is 16.7 Å². The number of carbonyl (C=O) groups excluding carboxylic acids is 1. The van der Waals surface area contributed by atoms with E-state index in [1.54, 1.807) is 12.4 Å². The number of aromatic nitrogens is 2. The van der Waals surface area contributed by atoms with Crippen molar-refractivity contribution in [2.75, 3.05) is 0 Å². The van der Waals surface area contributed by atoms with Gasteiger partial charge in [-0.15, -0.1) is 0 Å². The van der Waals surface area contributed by atoms with Crippen LogP contribution in [-0.4, -0.2) is 17.1 Å². The van der Waals surface area contributed by atoms with Gasteiger partial charge in [0.25, 0.3) is 0 Å². The standard InChI is InChI=1S/C32H12BF24.C20H19N2O2/c34-25(35,36)13-1-14(26(37,38)39)6-21(5-13)33(22-7-15(27(40,41)42)2-16(8-22)28(43,44)45,23-9-17(29(46,47)48)3-18(10-23)30(49,50)51)24-11-19(31(52,53)54)4-20(12-24)32(55,56)57;1-15-8-9-16(2)19(12-15)24-20(23)18-13-21-10-11-22(18)14-17-6-4-3-5-7-17/h1-12H;3-13H,14H2,1-2H3/q-1;+1. The molecule has 0 unspecified atom stereocenters. The average Bonchev–Trinajstić information content (AvgIpc) is 3.34. The van der Waals surface area contributed by atoms with Crippen LogP contribution >= 0.6 is 0 Å². The van der Waals surface area contributed by atoms with Crippen LogP contribution in [0.4, 0.5) is 105 Å². The number of ether oxygens (including phenoxy) is 1. The Morgan fingerprint density at radius 2 is 0.741 bits per heavy atom. The second kappa shape index (κ2) is 22.0. The van der Waals surface area contributed by atoms with Crippen LogP contribution in [0.5, 0.6) is 5.75 Å². The number of hydrogen-bond donors (Lipinski definition) is 0. The minimum Gasteiger partial charge on any atom is -0.418 e. The maximum Gasteiger partial charge on any atom is 0.416 e. The van der Waals surface area contributed by atoms with Crippen molar-refractivity contribution >= 4 is 34.0 Å². The van der Waals surface area contributed by atoms with Crippen LogP contribution in [0.15, 0.2) is 140 Å². The Hall–Kier alpha value is -7.75. The second-order valence-electron chi connectivity index (χ2n) is 18.0. The maximum absolute atomic E-state index is 14.2. The first-order chi connectivity index (χ1) is 36.9. The third kappa shape index (κ3) is 14.6. The fraction of sp³-hybridized carbons (Fsp3) is 0.212. The second-order valence-corrected chi connectivity index (χ2v) is 18.0. The highest BCUT2D eigenvalue weighted by Gasteiger charge is 2.47. The van der Waals surface area contributed by atoms with Gasteiger partial charge in [0.05, 0.1) is 50.7 Å². The van der Waals surface area contributed by atoms with Gasteiger partial charge in [-0.3, -0.25) is 4.98 Å². The smallest absolute Gasteiger partial charge is 0.416 e. The zero-order valence-corrected chi connectivity index (χ0v) is 40.3. The highest BCUT2D eigenvalue weighted by Crippen LogP contribution is 2.41. The fourth-order valence-electron chi connectivity index (χ4n) is 8.52. The molecule has 1 heterocycles. The van der Waals surface area contributed by atoms with Gasteiger partial charge < -0.3 is 4.74 Å². The molecule has 0 aliphatic heterocycles. The number of aryl methyl sites for hydroxylation is 2. The van der Waals surface area contributed by atoms with Crippen molar-refractivity contribution in [1.82, 2.24) is 4.98 Å². The molecule has 0 bridgehead atoms. The molecule has 432 valence electrons. The van der Waals surface area contributed by atoms with E-state index in [2.05, 4.69) is 4.98 Å². The normalized spacial score (nSPS) is 13.2. The number of carbonyl (C=O) groups is 1. The minimum absolute atomic E-state index is 0.410. The van der Waals surface area contributed by atoms with E-state index in [9.17, 15) is 110 Å². The fourth-order valence-corrected chi connectivity index (χ4v) is 8.52. The summed E-state index contributed by atoms with van der Waals surface area (Å²) in [5, 5.41) is 0. The molecule has 0 N–H and O–H groups in total. The zero-order valence-electron chi connectivity index (χ0n) is 40.3. The largest absolute Gasteiger partial charge is 0.418 e. The molecule has 0 radical (unpaired) electrons. The lowest BCUT2D eigenvalue weighted by atomic mass is 9.12. The average molecular weight is 1180 g/mol. The molecule has 7 rings (SSSR count). The molecule has 0 atom stereocenters. The first-order valence-corrected chi connectivity index (χ1v) is 22.4. The van der Waals surface area contributed by atoms with Crippen LogP contribution in [-0.2, 0) is 56.0 Å². The van der Waals surface area contributed by atoms with Crippen LogP contribution in [0.25, 0.3) is 0 Å². The van der Waals surface area contributed by atoms with Crippen molar-refractivity contribution in [2.24, 2.45) is 0 Å². The summed E-state index contributed by atoms with van der Waals surface area (Å²) >= 11 is 0. The number of rotatable bonds is 8. The lowest BCUT2D eigenvalue weighted by Gasteiger charge is -2.46. The first kappa shape index (κ1) is 62.5. The summed E-state index contributed by atoms with van der Waals surface area (Å²) in [7, 11) is 0. The van der Waals surface area contributed by atoms with E-state index in [-0.39, 0.29) is 0 Å². The molecule has 4 nitrogen and oxygen atoms in total. The Morgan fingerprint density at radius 3 is 1.04 bits per heavy atom. The lowest BCUT2D eigenvalue weighted by Crippen LogP contribution is -2.75. The third-order valence-corrected chi connectivity index (χ3v) is 12.2. The molecule has 81 heavy (non-hydrogen) atoms. The van der Waals surface area contributed by atoms with Crippen LogP contribution in [0.3, 0.4) is 0 Å². The molecule has 0 aliphatic carbocycles. The summed E-state index contributed by atoms with van der Waals surface area (Å²) in [5.41, 5.74) is -26.7. The molecule has 0 amide bonds. The summed E-state index contributed by atoms with van der Waals surface area (Å²) in [6, 6.07) is 6.96. The van der Waals surface area contributed by atoms with Crippen LogP contribution in [0, 0.1) is 13.8 Å². The van der Waals surface area contributed by atoms with Gasteiger partial charge in [0.2, 0.25) is 0 Å². The van der Waals surface area contributed by atoms with Crippen LogP contribution in [0.1, 0.15) is 71.7 Å². The number of benzene rings is 6. The lowest BCUT2D eigenvalue weighted by molar-refractivity contribution is -0.691. The van der Waals surface area contributed by atoms with Crippen molar-refractivity contribution < 1.29 is 119 Å². The van der Waals surface area contributed by atoms with Crippen molar-refractivity contribution in [3.8, 4) is 5.75 Å². The van der Waals surface area contributed by atoms with E-state index in [4.69, 9.17) is 4.74 Å². The van der Waals surface area contributed by atoms with Gasteiger partial charge >= 0.3 is 61.1 Å². The monoisotopic (exact) mass is 1180 g/mol. The van der Waals surface area contributed by atoms with Crippen molar-refractivity contribution in [3.05, 3.63) is 207 Å². The number of nitrogens with zero attached hydrogens (tertiary/aromatic N) is 2. The highest BCUT2D eigenvalue weighted by molar-refractivity contribution is 7.20. The predicted molar refractivity (Wildman–Crippen MR) is 241 cm³/mol. The topological polar surface area (TPSA) is 43.1 Å². The van der Waals surface area contributed by atoms with Crippen LogP contribution < -0.4 is 31.2 Å². The molecular weight excluding hydrogens is 1150 g/mol. The maximum atomic E-state index is 14.2. The summed E-state index contributed by atoms with van der Waals surface area (Å²) in [4.78, 5) is 16.7. The van der Waals surface area contributed by atoms with E-state index in [1.165, 1.54) is 6.20 Å². The van der Waals surface area contributed by atoms with E-state index >= 15 is 0 Å². The summed E-state index contributed by atoms with van der Waals surface area (Å²) in [6.45, 7) is 4.47. The molecule has 7 aromatic rings. The number of halogens is 24. The van der Waals surface area contributed by atoms with Crippen LogP contribution in [0.2, 0.25) is 0 Å². The Balaban J connectivity index is 0.000000363. The predicted octanol–water partition coefficient (Wildman–Crippen LogP) is 14.5. The summed E-state index contributed by atoms with van der Waals surface area (Å²) in [6.07, 6.45) is -49.8. The quantitative estimate of drug-likeness (QED) is 0.0501. The number of hydrogen-bond acceptors (Lipinski definition) is 3. The van der Waals surface area contributed by atoms with E-state index < -0.39 is 201 Å². The zero-order chi connectivity index (χ0) is 60.9. The molecule has 0 fully saturated rings. The SMILES string of the molecule is Cc1ccc(C)c(OC(=O)c2cncc[n+]2Cc2ccccc2)c1.FC(F)(F)c1cc([B-](c2cc(C(F)(F)F)cc(C(F)(F)F)c2)(c2cc(C(F)(F)F)cc(C(F)(F)F)c2)c2cc(C(F)(F)F)cc(C(F)(F)F)c2)cc(C(F)(F)F)c1.